The third-order valence-electron chi connectivity index (χ3n) is 5.17. The molecule has 31 heavy (non-hydrogen) atoms. The topological polar surface area (TPSA) is 105 Å². The van der Waals surface area contributed by atoms with Gasteiger partial charge in [-0.3, -0.25) is 9.59 Å². The summed E-state index contributed by atoms with van der Waals surface area (Å²) in [4.78, 5) is 41.5. The number of nitrogens with zero attached hydrogens (tertiary/aromatic N) is 3. The fourth-order valence-electron chi connectivity index (χ4n) is 3.52. The van der Waals surface area contributed by atoms with Crippen LogP contribution in [0.2, 0.25) is 0 Å². The van der Waals surface area contributed by atoms with E-state index in [0.717, 1.165) is 17.4 Å². The van der Waals surface area contributed by atoms with Gasteiger partial charge in [-0.15, -0.1) is 10.1 Å². The number of nitrogens with one attached hydrogen (secondary N) is 1. The zero-order valence-corrected chi connectivity index (χ0v) is 17.3. The van der Waals surface area contributed by atoms with E-state index in [1.807, 2.05) is 31.2 Å². The van der Waals surface area contributed by atoms with Crippen molar-refractivity contribution in [2.24, 2.45) is 0 Å². The molecule has 3 rings (SSSR count). The number of benzene rings is 2. The first-order valence-corrected chi connectivity index (χ1v) is 9.85. The number of hydrogen-bond acceptors (Lipinski definition) is 7. The fraction of sp³-hybridized carbons (Fsp3) is 0.333. The number of carbonyl (C=O) groups is 2. The van der Waals surface area contributed by atoms with Crippen LogP contribution in [0.25, 0.3) is 0 Å². The summed E-state index contributed by atoms with van der Waals surface area (Å²) < 4.78 is 14.4. The Morgan fingerprint density at radius 1 is 1.19 bits per heavy atom. The fourth-order valence-corrected chi connectivity index (χ4v) is 3.52. The van der Waals surface area contributed by atoms with Crippen molar-refractivity contribution in [3.8, 4) is 0 Å². The van der Waals surface area contributed by atoms with Crippen LogP contribution in [0.1, 0.15) is 29.8 Å². The van der Waals surface area contributed by atoms with Crippen LogP contribution in [0.5, 0.6) is 0 Å². The van der Waals surface area contributed by atoms with Gasteiger partial charge in [0.2, 0.25) is 5.91 Å². The summed E-state index contributed by atoms with van der Waals surface area (Å²) in [7, 11) is 0. The van der Waals surface area contributed by atoms with Crippen molar-refractivity contribution in [2.75, 3.05) is 36.4 Å². The van der Waals surface area contributed by atoms with Gasteiger partial charge in [-0.05, 0) is 42.3 Å². The Morgan fingerprint density at radius 3 is 2.52 bits per heavy atom. The Morgan fingerprint density at radius 2 is 1.90 bits per heavy atom. The molecule has 0 bridgehead atoms. The van der Waals surface area contributed by atoms with Crippen molar-refractivity contribution in [1.29, 1.82) is 0 Å². The molecule has 0 aromatic heterocycles. The van der Waals surface area contributed by atoms with Crippen molar-refractivity contribution in [3.05, 3.63) is 63.5 Å². The molecule has 1 aliphatic heterocycles. The Labute approximate surface area is 178 Å². The van der Waals surface area contributed by atoms with Crippen LogP contribution in [0.3, 0.4) is 0 Å². The van der Waals surface area contributed by atoms with Gasteiger partial charge in [0, 0.05) is 50.2 Å². The molecule has 10 heteroatoms. The maximum Gasteiger partial charge on any atom is 0.337 e. The van der Waals surface area contributed by atoms with Crippen molar-refractivity contribution in [1.82, 2.24) is 4.90 Å². The van der Waals surface area contributed by atoms with Crippen LogP contribution in [0.15, 0.2) is 36.4 Å². The van der Waals surface area contributed by atoms with Crippen molar-refractivity contribution < 1.29 is 23.9 Å². The predicted molar refractivity (Wildman–Crippen MR) is 112 cm³/mol. The molecule has 1 N–H and O–H groups in total. The number of piperazine rings is 1. The van der Waals surface area contributed by atoms with E-state index in [0.29, 0.717) is 43.9 Å². The van der Waals surface area contributed by atoms with Crippen LogP contribution >= 0.6 is 0 Å². The number of amides is 1. The maximum atomic E-state index is 14.4. The van der Waals surface area contributed by atoms with Crippen molar-refractivity contribution in [3.63, 3.8) is 0 Å². The largest absolute Gasteiger partial charge is 0.368 e. The minimum atomic E-state index is -1.35. The molecule has 0 radical (unpaired) electrons. The predicted octanol–water partition coefficient (Wildman–Crippen LogP) is 3.15. The van der Waals surface area contributed by atoms with E-state index >= 15 is 0 Å². The molecule has 1 amide bonds. The summed E-state index contributed by atoms with van der Waals surface area (Å²) in [6, 6.07) is 9.99. The smallest absolute Gasteiger partial charge is 0.337 e. The first kappa shape index (κ1) is 22.0. The molecule has 0 spiro atoms. The number of halogens is 1. The lowest BCUT2D eigenvalue weighted by molar-refractivity contribution is -0.727. The summed E-state index contributed by atoms with van der Waals surface area (Å²) in [5.74, 6) is -2.20. The van der Waals surface area contributed by atoms with E-state index in [1.54, 1.807) is 11.8 Å². The Kier molecular flexibility index (Phi) is 6.68. The van der Waals surface area contributed by atoms with Crippen LogP contribution in [-0.4, -0.2) is 48.0 Å². The molecule has 2 aromatic carbocycles. The summed E-state index contributed by atoms with van der Waals surface area (Å²) in [6.07, 6.45) is 0.466. The second-order valence-corrected chi connectivity index (χ2v) is 7.11. The van der Waals surface area contributed by atoms with E-state index in [4.69, 9.17) is 0 Å². The second kappa shape index (κ2) is 9.41. The summed E-state index contributed by atoms with van der Waals surface area (Å²) >= 11 is 0. The van der Waals surface area contributed by atoms with E-state index in [9.17, 15) is 24.1 Å². The molecule has 1 aliphatic rings. The van der Waals surface area contributed by atoms with Gasteiger partial charge in [0.15, 0.2) is 0 Å². The first-order valence-electron chi connectivity index (χ1n) is 9.85. The second-order valence-electron chi connectivity index (χ2n) is 7.11. The quantitative estimate of drug-likeness (QED) is 0.554. The number of anilines is 3. The highest BCUT2D eigenvalue weighted by Gasteiger charge is 2.20. The average Bonchev–Trinajstić information content (AvgIpc) is 2.73. The minimum absolute atomic E-state index is 0.0646. The van der Waals surface area contributed by atoms with Gasteiger partial charge in [-0.2, -0.15) is 0 Å². The lowest BCUT2D eigenvalue weighted by Crippen LogP contribution is -2.48. The normalized spacial score (nSPS) is 13.6. The molecular formula is C21H23FN4O5. The van der Waals surface area contributed by atoms with Crippen LogP contribution in [0.4, 0.5) is 21.5 Å². The lowest BCUT2D eigenvalue weighted by atomic mass is 10.0. The average molecular weight is 430 g/mol. The van der Waals surface area contributed by atoms with Crippen LogP contribution < -0.4 is 10.2 Å². The van der Waals surface area contributed by atoms with Crippen molar-refractivity contribution in [2.45, 2.75) is 20.3 Å². The first-order chi connectivity index (χ1) is 14.8. The highest BCUT2D eigenvalue weighted by Crippen LogP contribution is 2.28. The SMILES string of the molecule is CCc1cc(C(=O)O[N+](=O)[O-])c(F)cc1Nc1cccc(N2CCN(C(C)=O)CC2)c1. The van der Waals surface area contributed by atoms with Gasteiger partial charge >= 0.3 is 11.1 Å². The third-order valence-corrected chi connectivity index (χ3v) is 5.17. The minimum Gasteiger partial charge on any atom is -0.368 e. The van der Waals surface area contributed by atoms with Gasteiger partial charge < -0.3 is 15.1 Å². The van der Waals surface area contributed by atoms with Gasteiger partial charge in [0.1, 0.15) is 5.82 Å². The molecule has 164 valence electrons. The van der Waals surface area contributed by atoms with E-state index in [1.165, 1.54) is 6.07 Å². The summed E-state index contributed by atoms with van der Waals surface area (Å²) in [6.45, 7) is 6.12. The molecule has 1 fully saturated rings. The highest BCUT2D eigenvalue weighted by molar-refractivity contribution is 5.90. The molecular weight excluding hydrogens is 407 g/mol. The molecule has 0 saturated carbocycles. The Bertz CT molecular complexity index is 1010. The molecule has 1 saturated heterocycles. The number of rotatable bonds is 6. The van der Waals surface area contributed by atoms with Gasteiger partial charge in [0.25, 0.3) is 0 Å². The Balaban J connectivity index is 1.79. The van der Waals surface area contributed by atoms with Gasteiger partial charge in [-0.25, -0.2) is 9.23 Å². The van der Waals surface area contributed by atoms with Crippen LogP contribution in [0, 0.1) is 15.9 Å². The molecule has 9 nitrogen and oxygen atoms in total. The molecule has 0 atom stereocenters. The van der Waals surface area contributed by atoms with Gasteiger partial charge in [-0.1, -0.05) is 13.0 Å². The maximum absolute atomic E-state index is 14.4. The third kappa shape index (κ3) is 5.27. The van der Waals surface area contributed by atoms with Crippen LogP contribution in [-0.2, 0) is 16.1 Å². The Hall–Kier alpha value is -3.69. The number of carbonyl (C=O) groups excluding carboxylic acids is 2. The monoisotopic (exact) mass is 430 g/mol. The van der Waals surface area contributed by atoms with E-state index in [-0.39, 0.29) is 5.91 Å². The lowest BCUT2D eigenvalue weighted by Gasteiger charge is -2.35. The zero-order chi connectivity index (χ0) is 22.5. The zero-order valence-electron chi connectivity index (χ0n) is 17.3. The molecule has 0 unspecified atom stereocenters. The van der Waals surface area contributed by atoms with Crippen molar-refractivity contribution >= 4 is 28.9 Å². The van der Waals surface area contributed by atoms with E-state index in [2.05, 4.69) is 15.1 Å². The standard InChI is InChI=1S/C21H23FN4O5/c1-3-15-11-18(21(28)31-26(29)30)19(22)13-20(15)23-16-5-4-6-17(12-16)25-9-7-24(8-10-25)14(2)27/h4-6,11-13,23H,3,7-10H2,1-2H3. The molecule has 0 aliphatic carbocycles. The highest BCUT2D eigenvalue weighted by atomic mass is 19.1. The number of hydrogen-bond donors (Lipinski definition) is 1. The van der Waals surface area contributed by atoms with Gasteiger partial charge in [0.05, 0.1) is 5.56 Å². The number of aryl methyl sites for hydroxylation is 1. The summed E-state index contributed by atoms with van der Waals surface area (Å²) in [5.41, 5.74) is 2.27. The summed E-state index contributed by atoms with van der Waals surface area (Å²) in [5, 5.41) is 12.3. The molecule has 2 aromatic rings. The molecule has 1 heterocycles. The van der Waals surface area contributed by atoms with E-state index < -0.39 is 22.4 Å².